The summed E-state index contributed by atoms with van der Waals surface area (Å²) in [5, 5.41) is 0.715. The Labute approximate surface area is 129 Å². The second-order valence-electron chi connectivity index (χ2n) is 5.73. The molecule has 4 nitrogen and oxygen atoms in total. The van der Waals surface area contributed by atoms with Gasteiger partial charge < -0.3 is 9.88 Å². The number of aromatic nitrogens is 2. The summed E-state index contributed by atoms with van der Waals surface area (Å²) in [6.45, 7) is 4.83. The van der Waals surface area contributed by atoms with E-state index in [1.54, 1.807) is 0 Å². The van der Waals surface area contributed by atoms with Crippen LogP contribution in [0.1, 0.15) is 32.0 Å². The largest absolute Gasteiger partial charge is 0.342 e. The fourth-order valence-corrected chi connectivity index (χ4v) is 2.86. The molecule has 1 unspecified atom stereocenters. The van der Waals surface area contributed by atoms with E-state index in [0.717, 1.165) is 23.6 Å². The number of H-pyrrole nitrogens is 1. The van der Waals surface area contributed by atoms with Gasteiger partial charge in [-0.05, 0) is 31.5 Å². The molecule has 1 aliphatic heterocycles. The molecule has 1 fully saturated rings. The Hall–Kier alpha value is -1.81. The number of nitrogens with one attached hydrogen (secondary N) is 1. The van der Waals surface area contributed by atoms with Crippen LogP contribution < -0.4 is 0 Å². The average Bonchev–Trinajstić information content (AvgIpc) is 3.06. The fraction of sp³-hybridized carbons (Fsp3) is 0.375. The van der Waals surface area contributed by atoms with Crippen LogP contribution in [-0.2, 0) is 4.79 Å². The lowest BCUT2D eigenvalue weighted by molar-refractivity contribution is -0.129. The number of rotatable bonds is 3. The number of hydrogen-bond donors (Lipinski definition) is 1. The van der Waals surface area contributed by atoms with Crippen molar-refractivity contribution >= 4 is 17.5 Å². The van der Waals surface area contributed by atoms with E-state index in [1.165, 1.54) is 0 Å². The molecule has 1 saturated heterocycles. The van der Waals surface area contributed by atoms with Gasteiger partial charge >= 0.3 is 0 Å². The molecule has 0 saturated carbocycles. The molecule has 0 spiro atoms. The Morgan fingerprint density at radius 3 is 2.67 bits per heavy atom. The van der Waals surface area contributed by atoms with Gasteiger partial charge in [0.1, 0.15) is 5.82 Å². The van der Waals surface area contributed by atoms with Gasteiger partial charge in [-0.2, -0.15) is 0 Å². The zero-order valence-corrected chi connectivity index (χ0v) is 12.9. The van der Waals surface area contributed by atoms with Gasteiger partial charge in [0.05, 0.1) is 11.9 Å². The SMILES string of the molecule is CC(C)N1CC(c2ncc(-c3ccc(Cl)cc3)[nH]2)CC1=O. The number of carbonyl (C=O) groups is 1. The molecule has 0 bridgehead atoms. The number of hydrogen-bond acceptors (Lipinski definition) is 2. The van der Waals surface area contributed by atoms with Gasteiger partial charge in [0.25, 0.3) is 0 Å². The topological polar surface area (TPSA) is 49.0 Å². The zero-order chi connectivity index (χ0) is 15.0. The minimum atomic E-state index is 0.154. The van der Waals surface area contributed by atoms with E-state index in [9.17, 15) is 4.79 Å². The molecular weight excluding hydrogens is 286 g/mol. The van der Waals surface area contributed by atoms with E-state index in [2.05, 4.69) is 9.97 Å². The lowest BCUT2D eigenvalue weighted by Gasteiger charge is -2.20. The Morgan fingerprint density at radius 2 is 2.05 bits per heavy atom. The maximum Gasteiger partial charge on any atom is 0.223 e. The van der Waals surface area contributed by atoms with Gasteiger partial charge in [0.2, 0.25) is 5.91 Å². The number of likely N-dealkylation sites (tertiary alicyclic amines) is 1. The second-order valence-corrected chi connectivity index (χ2v) is 6.17. The molecular formula is C16H18ClN3O. The van der Waals surface area contributed by atoms with E-state index in [-0.39, 0.29) is 17.9 Å². The minimum Gasteiger partial charge on any atom is -0.342 e. The molecule has 0 radical (unpaired) electrons. The minimum absolute atomic E-state index is 0.154. The maximum absolute atomic E-state index is 12.0. The van der Waals surface area contributed by atoms with Crippen molar-refractivity contribution in [3.63, 3.8) is 0 Å². The number of nitrogens with zero attached hydrogens (tertiary/aromatic N) is 2. The van der Waals surface area contributed by atoms with E-state index in [0.29, 0.717) is 11.4 Å². The van der Waals surface area contributed by atoms with Crippen LogP contribution in [0, 0.1) is 0 Å². The van der Waals surface area contributed by atoms with Gasteiger partial charge in [0, 0.05) is 29.9 Å². The predicted octanol–water partition coefficient (Wildman–Crippen LogP) is 3.45. The summed E-state index contributed by atoms with van der Waals surface area (Å²) in [6.07, 6.45) is 2.35. The van der Waals surface area contributed by atoms with Crippen LogP contribution in [0.5, 0.6) is 0 Å². The lowest BCUT2D eigenvalue weighted by atomic mass is 10.1. The number of carbonyl (C=O) groups excluding carboxylic acids is 1. The van der Waals surface area contributed by atoms with Crippen LogP contribution in [0.4, 0.5) is 0 Å². The van der Waals surface area contributed by atoms with E-state index in [1.807, 2.05) is 49.2 Å². The van der Waals surface area contributed by atoms with Crippen molar-refractivity contribution in [3.8, 4) is 11.3 Å². The molecule has 1 N–H and O–H groups in total. The second kappa shape index (κ2) is 5.53. The Morgan fingerprint density at radius 1 is 1.33 bits per heavy atom. The Kier molecular flexibility index (Phi) is 3.72. The van der Waals surface area contributed by atoms with Crippen LogP contribution in [0.15, 0.2) is 30.5 Å². The maximum atomic E-state index is 12.0. The van der Waals surface area contributed by atoms with Crippen molar-refractivity contribution in [2.45, 2.75) is 32.2 Å². The highest BCUT2D eigenvalue weighted by molar-refractivity contribution is 6.30. The quantitative estimate of drug-likeness (QED) is 0.944. The molecule has 5 heteroatoms. The van der Waals surface area contributed by atoms with Crippen LogP contribution >= 0.6 is 11.6 Å². The van der Waals surface area contributed by atoms with Crippen LogP contribution in [0.3, 0.4) is 0 Å². The van der Waals surface area contributed by atoms with Gasteiger partial charge in [-0.3, -0.25) is 4.79 Å². The Bertz CT molecular complexity index is 648. The number of benzene rings is 1. The van der Waals surface area contributed by atoms with Crippen molar-refractivity contribution in [1.82, 2.24) is 14.9 Å². The van der Waals surface area contributed by atoms with Crippen molar-refractivity contribution < 1.29 is 4.79 Å². The third-order valence-corrected chi connectivity index (χ3v) is 4.17. The van der Waals surface area contributed by atoms with E-state index < -0.39 is 0 Å². The molecule has 2 aromatic rings. The van der Waals surface area contributed by atoms with Gasteiger partial charge in [-0.1, -0.05) is 23.7 Å². The van der Waals surface area contributed by atoms with Crippen LogP contribution in [0.2, 0.25) is 5.02 Å². The molecule has 1 atom stereocenters. The number of halogens is 1. The summed E-state index contributed by atoms with van der Waals surface area (Å²) in [5.74, 6) is 1.25. The first-order chi connectivity index (χ1) is 10.0. The van der Waals surface area contributed by atoms with Gasteiger partial charge in [0.15, 0.2) is 0 Å². The third-order valence-electron chi connectivity index (χ3n) is 3.92. The molecule has 0 aliphatic carbocycles. The van der Waals surface area contributed by atoms with Crippen molar-refractivity contribution in [2.24, 2.45) is 0 Å². The molecule has 21 heavy (non-hydrogen) atoms. The standard InChI is InChI=1S/C16H18ClN3O/c1-10(2)20-9-12(7-15(20)21)16-18-8-14(19-16)11-3-5-13(17)6-4-11/h3-6,8,10,12H,7,9H2,1-2H3,(H,18,19). The summed E-state index contributed by atoms with van der Waals surface area (Å²) >= 11 is 5.90. The third kappa shape index (κ3) is 2.81. The summed E-state index contributed by atoms with van der Waals surface area (Å²) in [4.78, 5) is 21.7. The van der Waals surface area contributed by atoms with E-state index >= 15 is 0 Å². The van der Waals surface area contributed by atoms with Crippen molar-refractivity contribution in [1.29, 1.82) is 0 Å². The number of imidazole rings is 1. The van der Waals surface area contributed by atoms with Gasteiger partial charge in [-0.15, -0.1) is 0 Å². The average molecular weight is 304 g/mol. The van der Waals surface area contributed by atoms with Crippen LogP contribution in [0.25, 0.3) is 11.3 Å². The van der Waals surface area contributed by atoms with E-state index in [4.69, 9.17) is 11.6 Å². The zero-order valence-electron chi connectivity index (χ0n) is 12.1. The molecule has 1 aromatic heterocycles. The van der Waals surface area contributed by atoms with Crippen molar-refractivity contribution in [2.75, 3.05) is 6.54 Å². The summed E-state index contributed by atoms with van der Waals surface area (Å²) < 4.78 is 0. The number of amides is 1. The lowest BCUT2D eigenvalue weighted by Crippen LogP contribution is -2.31. The smallest absolute Gasteiger partial charge is 0.223 e. The predicted molar refractivity (Wildman–Crippen MR) is 83.2 cm³/mol. The summed E-state index contributed by atoms with van der Waals surface area (Å²) in [6, 6.07) is 7.88. The normalized spacial score (nSPS) is 18.8. The van der Waals surface area contributed by atoms with Crippen LogP contribution in [-0.4, -0.2) is 33.4 Å². The molecule has 2 heterocycles. The molecule has 3 rings (SSSR count). The number of aromatic amines is 1. The molecule has 1 aromatic carbocycles. The fourth-order valence-electron chi connectivity index (χ4n) is 2.73. The highest BCUT2D eigenvalue weighted by Crippen LogP contribution is 2.29. The summed E-state index contributed by atoms with van der Waals surface area (Å²) in [7, 11) is 0. The molecule has 110 valence electrons. The molecule has 1 amide bonds. The van der Waals surface area contributed by atoms with Crippen molar-refractivity contribution in [3.05, 3.63) is 41.3 Å². The van der Waals surface area contributed by atoms with Gasteiger partial charge in [-0.25, -0.2) is 4.98 Å². The highest BCUT2D eigenvalue weighted by Gasteiger charge is 2.33. The monoisotopic (exact) mass is 303 g/mol. The Balaban J connectivity index is 1.80. The highest BCUT2D eigenvalue weighted by atomic mass is 35.5. The first kappa shape index (κ1) is 14.1. The first-order valence-electron chi connectivity index (χ1n) is 7.15. The summed E-state index contributed by atoms with van der Waals surface area (Å²) in [5.41, 5.74) is 2.00. The molecule has 1 aliphatic rings. The first-order valence-corrected chi connectivity index (χ1v) is 7.52.